The molecular formula is C17H24N2O3. The summed E-state index contributed by atoms with van der Waals surface area (Å²) in [6.45, 7) is 4.06. The fourth-order valence-electron chi connectivity index (χ4n) is 3.28. The van der Waals surface area contributed by atoms with E-state index in [0.29, 0.717) is 18.4 Å². The summed E-state index contributed by atoms with van der Waals surface area (Å²) in [5, 5.41) is 0. The quantitative estimate of drug-likeness (QED) is 0.836. The molecule has 3 rings (SSSR count). The van der Waals surface area contributed by atoms with Crippen molar-refractivity contribution in [3.63, 3.8) is 0 Å². The lowest BCUT2D eigenvalue weighted by atomic mass is 10.1. The maximum Gasteiger partial charge on any atom is 0.227 e. The van der Waals surface area contributed by atoms with Crippen molar-refractivity contribution in [1.29, 1.82) is 0 Å². The Kier molecular flexibility index (Phi) is 4.64. The molecule has 1 aromatic carbocycles. The van der Waals surface area contributed by atoms with E-state index >= 15 is 0 Å². The molecule has 0 radical (unpaired) electrons. The van der Waals surface area contributed by atoms with Crippen LogP contribution in [0.4, 0.5) is 0 Å². The molecule has 2 heterocycles. The molecule has 0 aromatic heterocycles. The molecular weight excluding hydrogens is 280 g/mol. The van der Waals surface area contributed by atoms with Crippen LogP contribution in [0.15, 0.2) is 24.3 Å². The number of carbonyl (C=O) groups excluding carboxylic acids is 1. The molecule has 120 valence electrons. The smallest absolute Gasteiger partial charge is 0.227 e. The molecule has 1 aromatic rings. The number of ether oxygens (including phenoxy) is 2. The normalized spacial score (nSPS) is 25.6. The highest BCUT2D eigenvalue weighted by Gasteiger charge is 2.33. The van der Waals surface area contributed by atoms with Crippen molar-refractivity contribution >= 4 is 5.91 Å². The first kappa shape index (κ1) is 15.3. The summed E-state index contributed by atoms with van der Waals surface area (Å²) >= 11 is 0. The van der Waals surface area contributed by atoms with Gasteiger partial charge < -0.3 is 14.4 Å². The van der Waals surface area contributed by atoms with Crippen LogP contribution in [0.2, 0.25) is 0 Å². The average Bonchev–Trinajstić information content (AvgIpc) is 2.76. The van der Waals surface area contributed by atoms with Gasteiger partial charge in [0.25, 0.3) is 0 Å². The highest BCUT2D eigenvalue weighted by Crippen LogP contribution is 2.19. The van der Waals surface area contributed by atoms with Crippen molar-refractivity contribution < 1.29 is 14.3 Å². The van der Waals surface area contributed by atoms with E-state index in [1.54, 1.807) is 7.11 Å². The number of amides is 1. The number of rotatable bonds is 3. The summed E-state index contributed by atoms with van der Waals surface area (Å²) in [7, 11) is 3.78. The second-order valence-electron chi connectivity index (χ2n) is 6.32. The first-order valence-corrected chi connectivity index (χ1v) is 7.84. The van der Waals surface area contributed by atoms with E-state index in [2.05, 4.69) is 11.9 Å². The molecule has 2 saturated heterocycles. The van der Waals surface area contributed by atoms with Gasteiger partial charge in [-0.2, -0.15) is 0 Å². The maximum absolute atomic E-state index is 12.6. The fraction of sp³-hybridized carbons (Fsp3) is 0.588. The van der Waals surface area contributed by atoms with E-state index in [1.165, 1.54) is 0 Å². The van der Waals surface area contributed by atoms with E-state index in [-0.39, 0.29) is 5.91 Å². The molecule has 0 N–H and O–H groups in total. The van der Waals surface area contributed by atoms with Crippen molar-refractivity contribution in [2.24, 2.45) is 5.92 Å². The molecule has 0 unspecified atom stereocenters. The second-order valence-corrected chi connectivity index (χ2v) is 6.32. The minimum atomic E-state index is 0.206. The summed E-state index contributed by atoms with van der Waals surface area (Å²) in [5.74, 6) is 1.44. The van der Waals surface area contributed by atoms with Gasteiger partial charge in [0.1, 0.15) is 5.75 Å². The van der Waals surface area contributed by atoms with Crippen LogP contribution in [-0.4, -0.2) is 68.8 Å². The predicted molar refractivity (Wildman–Crippen MR) is 84.0 cm³/mol. The van der Waals surface area contributed by atoms with Crippen molar-refractivity contribution in [1.82, 2.24) is 9.80 Å². The molecule has 0 aliphatic carbocycles. The molecule has 2 fully saturated rings. The Hall–Kier alpha value is -1.59. The maximum atomic E-state index is 12.6. The fourth-order valence-corrected chi connectivity index (χ4v) is 3.28. The summed E-state index contributed by atoms with van der Waals surface area (Å²) < 4.78 is 10.9. The van der Waals surface area contributed by atoms with E-state index in [0.717, 1.165) is 44.2 Å². The Morgan fingerprint density at radius 1 is 1.23 bits per heavy atom. The summed E-state index contributed by atoms with van der Waals surface area (Å²) in [4.78, 5) is 17.0. The van der Waals surface area contributed by atoms with Crippen molar-refractivity contribution in [3.05, 3.63) is 29.8 Å². The van der Waals surface area contributed by atoms with Crippen LogP contribution in [0.3, 0.4) is 0 Å². The number of hydrogen-bond donors (Lipinski definition) is 0. The van der Waals surface area contributed by atoms with Gasteiger partial charge in [-0.15, -0.1) is 0 Å². The van der Waals surface area contributed by atoms with Gasteiger partial charge in [0, 0.05) is 25.6 Å². The minimum absolute atomic E-state index is 0.206. The molecule has 2 atom stereocenters. The highest BCUT2D eigenvalue weighted by atomic mass is 16.5. The number of benzene rings is 1. The van der Waals surface area contributed by atoms with Crippen molar-refractivity contribution in [3.8, 4) is 5.75 Å². The molecule has 5 nitrogen and oxygen atoms in total. The molecule has 22 heavy (non-hydrogen) atoms. The van der Waals surface area contributed by atoms with Crippen LogP contribution in [-0.2, 0) is 16.0 Å². The van der Waals surface area contributed by atoms with Crippen LogP contribution in [0, 0.1) is 5.92 Å². The van der Waals surface area contributed by atoms with Gasteiger partial charge in [-0.05, 0) is 24.7 Å². The zero-order valence-corrected chi connectivity index (χ0v) is 13.3. The molecule has 2 bridgehead atoms. The number of carbonyl (C=O) groups is 1. The minimum Gasteiger partial charge on any atom is -0.497 e. The van der Waals surface area contributed by atoms with Gasteiger partial charge in [-0.25, -0.2) is 0 Å². The first-order valence-electron chi connectivity index (χ1n) is 7.84. The molecule has 0 saturated carbocycles. The number of methoxy groups -OCH3 is 1. The summed E-state index contributed by atoms with van der Waals surface area (Å²) in [6.07, 6.45) is 0.452. The third kappa shape index (κ3) is 3.42. The molecule has 5 heteroatoms. The summed E-state index contributed by atoms with van der Waals surface area (Å²) in [6, 6.07) is 8.05. The van der Waals surface area contributed by atoms with Crippen molar-refractivity contribution in [2.45, 2.75) is 12.5 Å². The number of nitrogens with zero attached hydrogens (tertiary/aromatic N) is 2. The Labute approximate surface area is 131 Å². The second kappa shape index (κ2) is 6.67. The Morgan fingerprint density at radius 3 is 2.73 bits per heavy atom. The Balaban J connectivity index is 1.66. The van der Waals surface area contributed by atoms with Gasteiger partial charge in [-0.1, -0.05) is 12.1 Å². The standard InChI is InChI=1S/C17H24N2O3/c1-18-8-14-9-19(10-15(18)12-22-11-14)17(20)7-13-3-5-16(21-2)6-4-13/h3-6,14-15H,7-12H2,1-2H3/t14-,15+/m1/s1. The van der Waals surface area contributed by atoms with Crippen LogP contribution in [0.25, 0.3) is 0 Å². The molecule has 0 spiro atoms. The predicted octanol–water partition coefficient (Wildman–Crippen LogP) is 1.03. The van der Waals surface area contributed by atoms with E-state index in [4.69, 9.17) is 9.47 Å². The van der Waals surface area contributed by atoms with Crippen LogP contribution in [0.5, 0.6) is 5.75 Å². The van der Waals surface area contributed by atoms with Gasteiger partial charge in [0.15, 0.2) is 0 Å². The summed E-state index contributed by atoms with van der Waals surface area (Å²) in [5.41, 5.74) is 1.03. The zero-order chi connectivity index (χ0) is 15.5. The Morgan fingerprint density at radius 2 is 2.00 bits per heavy atom. The average molecular weight is 304 g/mol. The van der Waals surface area contributed by atoms with Crippen LogP contribution >= 0.6 is 0 Å². The van der Waals surface area contributed by atoms with Crippen LogP contribution < -0.4 is 4.74 Å². The lowest BCUT2D eigenvalue weighted by Crippen LogP contribution is -2.45. The molecule has 1 amide bonds. The third-order valence-corrected chi connectivity index (χ3v) is 4.61. The Bertz CT molecular complexity index is 517. The number of hydrogen-bond acceptors (Lipinski definition) is 4. The van der Waals surface area contributed by atoms with E-state index in [1.807, 2.05) is 29.2 Å². The lowest BCUT2D eigenvalue weighted by Gasteiger charge is -2.29. The SMILES string of the molecule is COc1ccc(CC(=O)N2C[C@@H]3COC[C@H](C2)N(C)C3)cc1. The van der Waals surface area contributed by atoms with Gasteiger partial charge in [0.2, 0.25) is 5.91 Å². The first-order chi connectivity index (χ1) is 10.7. The van der Waals surface area contributed by atoms with E-state index < -0.39 is 0 Å². The topological polar surface area (TPSA) is 42.0 Å². The molecule has 2 aliphatic rings. The zero-order valence-electron chi connectivity index (χ0n) is 13.3. The van der Waals surface area contributed by atoms with Gasteiger partial charge >= 0.3 is 0 Å². The van der Waals surface area contributed by atoms with Gasteiger partial charge in [0.05, 0.1) is 32.8 Å². The number of likely N-dealkylation sites (N-methyl/N-ethyl adjacent to an activating group) is 1. The largest absolute Gasteiger partial charge is 0.497 e. The molecule has 2 aliphatic heterocycles. The highest BCUT2D eigenvalue weighted by molar-refractivity contribution is 5.79. The monoisotopic (exact) mass is 304 g/mol. The van der Waals surface area contributed by atoms with E-state index in [9.17, 15) is 4.79 Å². The number of fused-ring (bicyclic) bond motifs is 3. The van der Waals surface area contributed by atoms with Gasteiger partial charge in [-0.3, -0.25) is 9.69 Å². The van der Waals surface area contributed by atoms with Crippen molar-refractivity contribution in [2.75, 3.05) is 47.0 Å². The lowest BCUT2D eigenvalue weighted by molar-refractivity contribution is -0.132. The van der Waals surface area contributed by atoms with Crippen LogP contribution in [0.1, 0.15) is 5.56 Å². The third-order valence-electron chi connectivity index (χ3n) is 4.61.